The summed E-state index contributed by atoms with van der Waals surface area (Å²) in [5, 5.41) is 0. The lowest BCUT2D eigenvalue weighted by Crippen LogP contribution is -2.11. The summed E-state index contributed by atoms with van der Waals surface area (Å²) in [6, 6.07) is 14.5. The van der Waals surface area contributed by atoms with Crippen LogP contribution in [0.2, 0.25) is 0 Å². The molecule has 0 spiro atoms. The van der Waals surface area contributed by atoms with Crippen LogP contribution in [0.15, 0.2) is 57.9 Å². The molecule has 0 bridgehead atoms. The molecular weight excluding hydrogens is 400 g/mol. The van der Waals surface area contributed by atoms with Crippen molar-refractivity contribution in [3.63, 3.8) is 0 Å². The van der Waals surface area contributed by atoms with Crippen LogP contribution in [-0.4, -0.2) is 20.0 Å². The van der Waals surface area contributed by atoms with Gasteiger partial charge in [0, 0.05) is 16.5 Å². The molecule has 1 saturated carbocycles. The Bertz CT molecular complexity index is 868. The lowest BCUT2D eigenvalue weighted by atomic mass is 9.88. The number of carbonyl (C=O) groups is 1. The van der Waals surface area contributed by atoms with E-state index in [0.717, 1.165) is 22.9 Å². The number of halogens is 1. The average molecular weight is 421 g/mol. The van der Waals surface area contributed by atoms with Gasteiger partial charge in [0.25, 0.3) is 0 Å². The number of rotatable bonds is 7. The molecule has 0 aliphatic heterocycles. The lowest BCUT2D eigenvalue weighted by molar-refractivity contribution is 0.0970. The minimum atomic E-state index is -3.24. The number of sulfone groups is 1. The lowest BCUT2D eigenvalue weighted by Gasteiger charge is -2.17. The number of benzene rings is 2. The van der Waals surface area contributed by atoms with Crippen molar-refractivity contribution in [2.24, 2.45) is 5.92 Å². The van der Waals surface area contributed by atoms with E-state index in [9.17, 15) is 13.2 Å². The summed E-state index contributed by atoms with van der Waals surface area (Å²) in [7, 11) is -3.24. The van der Waals surface area contributed by atoms with Gasteiger partial charge in [-0.25, -0.2) is 8.42 Å². The van der Waals surface area contributed by atoms with Gasteiger partial charge >= 0.3 is 0 Å². The van der Waals surface area contributed by atoms with Crippen LogP contribution in [0.25, 0.3) is 0 Å². The molecule has 1 atom stereocenters. The maximum Gasteiger partial charge on any atom is 0.178 e. The number of hydrogen-bond acceptors (Lipinski definition) is 3. The first-order chi connectivity index (χ1) is 11.9. The molecule has 3 nitrogen and oxygen atoms in total. The minimum Gasteiger partial charge on any atom is -0.294 e. The van der Waals surface area contributed by atoms with Crippen LogP contribution in [0.5, 0.6) is 0 Å². The van der Waals surface area contributed by atoms with Gasteiger partial charge in [-0.05, 0) is 54.5 Å². The number of ketones is 1. The first-order valence-corrected chi connectivity index (χ1v) is 11.0. The second-order valence-electron chi connectivity index (χ2n) is 6.55. The van der Waals surface area contributed by atoms with Crippen molar-refractivity contribution in [1.29, 1.82) is 0 Å². The smallest absolute Gasteiger partial charge is 0.178 e. The molecule has 0 saturated heterocycles. The normalized spacial score (nSPS) is 15.8. The molecule has 0 N–H and O–H groups in total. The van der Waals surface area contributed by atoms with E-state index in [4.69, 9.17) is 0 Å². The van der Waals surface area contributed by atoms with E-state index >= 15 is 0 Å². The minimum absolute atomic E-state index is 0.0857. The van der Waals surface area contributed by atoms with Crippen molar-refractivity contribution in [1.82, 2.24) is 0 Å². The summed E-state index contributed by atoms with van der Waals surface area (Å²) >= 11 is 3.38. The van der Waals surface area contributed by atoms with Crippen LogP contribution >= 0.6 is 15.9 Å². The average Bonchev–Trinajstić information content (AvgIpc) is 3.45. The second-order valence-corrected chi connectivity index (χ2v) is 9.75. The standard InChI is InChI=1S/C20H21BrO3S/c1-2-25(23,24)18-5-3-4-16(12-18)19(14-6-7-14)13-20(22)15-8-10-17(21)11-9-15/h3-5,8-12,14,19H,2,6-7,13H2,1H3/t19-/m1/s1. The van der Waals surface area contributed by atoms with Crippen LogP contribution in [0.1, 0.15) is 48.0 Å². The number of Topliss-reactive ketones (excluding diaryl/α,β-unsaturated/α-hetero) is 1. The molecule has 2 aromatic rings. The van der Waals surface area contributed by atoms with Gasteiger partial charge in [-0.1, -0.05) is 47.1 Å². The van der Waals surface area contributed by atoms with Gasteiger partial charge in [0.15, 0.2) is 15.6 Å². The SMILES string of the molecule is CCS(=O)(=O)c1cccc([C@H](CC(=O)c2ccc(Br)cc2)C2CC2)c1. The second kappa shape index (κ2) is 7.42. The third-order valence-electron chi connectivity index (χ3n) is 4.79. The van der Waals surface area contributed by atoms with Crippen LogP contribution < -0.4 is 0 Å². The van der Waals surface area contributed by atoms with E-state index in [1.54, 1.807) is 25.1 Å². The zero-order valence-corrected chi connectivity index (χ0v) is 16.5. The number of hydrogen-bond donors (Lipinski definition) is 0. The highest BCUT2D eigenvalue weighted by molar-refractivity contribution is 9.10. The summed E-state index contributed by atoms with van der Waals surface area (Å²) in [5.74, 6) is 0.748. The Labute approximate surface area is 157 Å². The third kappa shape index (κ3) is 4.39. The maximum absolute atomic E-state index is 12.7. The van der Waals surface area contributed by atoms with Crippen molar-refractivity contribution in [3.8, 4) is 0 Å². The molecule has 0 amide bonds. The van der Waals surface area contributed by atoms with Crippen molar-refractivity contribution in [2.45, 2.75) is 37.0 Å². The molecule has 1 aliphatic carbocycles. The summed E-state index contributed by atoms with van der Waals surface area (Å²) in [5.41, 5.74) is 1.66. The predicted molar refractivity (Wildman–Crippen MR) is 103 cm³/mol. The van der Waals surface area contributed by atoms with E-state index in [-0.39, 0.29) is 17.5 Å². The highest BCUT2D eigenvalue weighted by atomic mass is 79.9. The van der Waals surface area contributed by atoms with Gasteiger partial charge in [0.1, 0.15) is 0 Å². The zero-order valence-electron chi connectivity index (χ0n) is 14.1. The van der Waals surface area contributed by atoms with Crippen LogP contribution in [0.3, 0.4) is 0 Å². The van der Waals surface area contributed by atoms with E-state index in [1.807, 2.05) is 30.3 Å². The largest absolute Gasteiger partial charge is 0.294 e. The first-order valence-electron chi connectivity index (χ1n) is 8.52. The Hall–Kier alpha value is -1.46. The third-order valence-corrected chi connectivity index (χ3v) is 7.05. The Morgan fingerprint density at radius 1 is 1.16 bits per heavy atom. The van der Waals surface area contributed by atoms with Gasteiger partial charge in [0.05, 0.1) is 10.6 Å². The van der Waals surface area contributed by atoms with Gasteiger partial charge in [-0.15, -0.1) is 0 Å². The summed E-state index contributed by atoms with van der Waals surface area (Å²) < 4.78 is 25.3. The summed E-state index contributed by atoms with van der Waals surface area (Å²) in [6.07, 6.45) is 2.62. The van der Waals surface area contributed by atoms with Crippen LogP contribution in [-0.2, 0) is 9.84 Å². The van der Waals surface area contributed by atoms with E-state index in [1.165, 1.54) is 0 Å². The van der Waals surface area contributed by atoms with Crippen LogP contribution in [0, 0.1) is 5.92 Å². The van der Waals surface area contributed by atoms with E-state index in [2.05, 4.69) is 15.9 Å². The molecular formula is C20H21BrO3S. The Kier molecular flexibility index (Phi) is 5.44. The molecule has 2 aromatic carbocycles. The van der Waals surface area contributed by atoms with Gasteiger partial charge in [-0.2, -0.15) is 0 Å². The maximum atomic E-state index is 12.7. The monoisotopic (exact) mass is 420 g/mol. The quantitative estimate of drug-likeness (QED) is 0.591. The molecule has 1 aliphatic rings. The Morgan fingerprint density at radius 2 is 1.84 bits per heavy atom. The topological polar surface area (TPSA) is 51.2 Å². The summed E-state index contributed by atoms with van der Waals surface area (Å²) in [6.45, 7) is 1.65. The van der Waals surface area contributed by atoms with E-state index < -0.39 is 9.84 Å². The molecule has 1 fully saturated rings. The van der Waals surface area contributed by atoms with Gasteiger partial charge in [-0.3, -0.25) is 4.79 Å². The molecule has 0 heterocycles. The molecule has 3 rings (SSSR count). The predicted octanol–water partition coefficient (Wildman–Crippen LogP) is 5.01. The molecule has 0 radical (unpaired) electrons. The fraction of sp³-hybridized carbons (Fsp3) is 0.350. The van der Waals surface area contributed by atoms with Crippen molar-refractivity contribution in [2.75, 3.05) is 5.75 Å². The molecule has 25 heavy (non-hydrogen) atoms. The first kappa shape index (κ1) is 18.3. The van der Waals surface area contributed by atoms with Gasteiger partial charge < -0.3 is 0 Å². The Morgan fingerprint density at radius 3 is 2.44 bits per heavy atom. The van der Waals surface area contributed by atoms with Crippen molar-refractivity contribution < 1.29 is 13.2 Å². The molecule has 5 heteroatoms. The highest BCUT2D eigenvalue weighted by Gasteiger charge is 2.34. The molecule has 0 unspecified atom stereocenters. The fourth-order valence-corrected chi connectivity index (χ4v) is 4.31. The van der Waals surface area contributed by atoms with Crippen LogP contribution in [0.4, 0.5) is 0 Å². The molecule has 0 aromatic heterocycles. The Balaban J connectivity index is 1.86. The zero-order chi connectivity index (χ0) is 18.0. The summed E-state index contributed by atoms with van der Waals surface area (Å²) in [4.78, 5) is 13.0. The van der Waals surface area contributed by atoms with E-state index in [0.29, 0.717) is 22.8 Å². The van der Waals surface area contributed by atoms with Crippen molar-refractivity contribution >= 4 is 31.6 Å². The fourth-order valence-electron chi connectivity index (χ4n) is 3.11. The van der Waals surface area contributed by atoms with Crippen molar-refractivity contribution in [3.05, 3.63) is 64.1 Å². The highest BCUT2D eigenvalue weighted by Crippen LogP contribution is 2.45. The molecule has 132 valence electrons. The number of carbonyl (C=O) groups excluding carboxylic acids is 1. The van der Waals surface area contributed by atoms with Gasteiger partial charge in [0.2, 0.25) is 0 Å².